The maximum Gasteiger partial charge on any atom is 0.191 e. The van der Waals surface area contributed by atoms with Gasteiger partial charge in [0.25, 0.3) is 0 Å². The van der Waals surface area contributed by atoms with Gasteiger partial charge in [0.2, 0.25) is 0 Å². The van der Waals surface area contributed by atoms with Gasteiger partial charge in [-0.1, -0.05) is 0 Å². The van der Waals surface area contributed by atoms with Crippen molar-refractivity contribution in [3.05, 3.63) is 29.3 Å². The van der Waals surface area contributed by atoms with Crippen molar-refractivity contribution in [3.63, 3.8) is 0 Å². The zero-order valence-electron chi connectivity index (χ0n) is 9.42. The fourth-order valence-electron chi connectivity index (χ4n) is 1.81. The van der Waals surface area contributed by atoms with Crippen molar-refractivity contribution in [3.8, 4) is 5.75 Å². The standard InChI is InChI=1S/C12H15F2NO2/c13-10-4-8(6-15)5-11(14)12(10)17-9-2-1-3-16-7-9/h4-5,9H,1-3,6-7,15H2. The first-order chi connectivity index (χ1) is 8.20. The van der Waals surface area contributed by atoms with E-state index in [-0.39, 0.29) is 18.4 Å². The van der Waals surface area contributed by atoms with Gasteiger partial charge >= 0.3 is 0 Å². The second kappa shape index (κ2) is 5.42. The highest BCUT2D eigenvalue weighted by atomic mass is 19.1. The van der Waals surface area contributed by atoms with Gasteiger partial charge in [-0.05, 0) is 30.5 Å². The van der Waals surface area contributed by atoms with E-state index in [1.165, 1.54) is 12.1 Å². The maximum absolute atomic E-state index is 13.6. The summed E-state index contributed by atoms with van der Waals surface area (Å²) in [5, 5.41) is 0. The van der Waals surface area contributed by atoms with E-state index >= 15 is 0 Å². The van der Waals surface area contributed by atoms with E-state index < -0.39 is 11.6 Å². The lowest BCUT2D eigenvalue weighted by Gasteiger charge is -2.23. The molecule has 0 saturated carbocycles. The van der Waals surface area contributed by atoms with Crippen molar-refractivity contribution in [2.75, 3.05) is 13.2 Å². The van der Waals surface area contributed by atoms with Crippen LogP contribution in [0.1, 0.15) is 18.4 Å². The van der Waals surface area contributed by atoms with Crippen LogP contribution in [0, 0.1) is 11.6 Å². The number of benzene rings is 1. The molecule has 1 aliphatic heterocycles. The molecule has 17 heavy (non-hydrogen) atoms. The Morgan fingerprint density at radius 2 is 2.06 bits per heavy atom. The quantitative estimate of drug-likeness (QED) is 0.882. The van der Waals surface area contributed by atoms with E-state index in [9.17, 15) is 8.78 Å². The lowest BCUT2D eigenvalue weighted by molar-refractivity contribution is 0.00418. The molecule has 1 heterocycles. The zero-order chi connectivity index (χ0) is 12.3. The van der Waals surface area contributed by atoms with Gasteiger partial charge in [-0.3, -0.25) is 0 Å². The van der Waals surface area contributed by atoms with Crippen LogP contribution in [-0.4, -0.2) is 19.3 Å². The monoisotopic (exact) mass is 243 g/mol. The topological polar surface area (TPSA) is 44.5 Å². The van der Waals surface area contributed by atoms with Crippen LogP contribution < -0.4 is 10.5 Å². The molecule has 1 atom stereocenters. The summed E-state index contributed by atoms with van der Waals surface area (Å²) in [4.78, 5) is 0. The van der Waals surface area contributed by atoms with Gasteiger partial charge in [-0.2, -0.15) is 0 Å². The molecular weight excluding hydrogens is 228 g/mol. The lowest BCUT2D eigenvalue weighted by Crippen LogP contribution is -2.28. The first-order valence-corrected chi connectivity index (χ1v) is 5.63. The first kappa shape index (κ1) is 12.3. The van der Waals surface area contributed by atoms with Crippen LogP contribution in [0.15, 0.2) is 12.1 Å². The second-order valence-corrected chi connectivity index (χ2v) is 4.05. The largest absolute Gasteiger partial charge is 0.482 e. The highest BCUT2D eigenvalue weighted by Gasteiger charge is 2.20. The van der Waals surface area contributed by atoms with Crippen molar-refractivity contribution in [2.24, 2.45) is 5.73 Å². The molecule has 3 nitrogen and oxygen atoms in total. The minimum atomic E-state index is -0.712. The molecule has 0 spiro atoms. The normalized spacial score (nSPS) is 20.3. The second-order valence-electron chi connectivity index (χ2n) is 4.05. The molecule has 1 fully saturated rings. The summed E-state index contributed by atoms with van der Waals surface area (Å²) in [6, 6.07) is 2.39. The van der Waals surface area contributed by atoms with Crippen LogP contribution in [0.25, 0.3) is 0 Å². The van der Waals surface area contributed by atoms with Gasteiger partial charge in [0, 0.05) is 13.2 Å². The summed E-state index contributed by atoms with van der Waals surface area (Å²) in [6.45, 7) is 1.15. The van der Waals surface area contributed by atoms with Gasteiger partial charge in [0.1, 0.15) is 6.10 Å². The van der Waals surface area contributed by atoms with Crippen molar-refractivity contribution in [2.45, 2.75) is 25.5 Å². The van der Waals surface area contributed by atoms with Crippen LogP contribution in [0.4, 0.5) is 8.78 Å². The van der Waals surface area contributed by atoms with E-state index in [1.807, 2.05) is 0 Å². The molecule has 2 N–H and O–H groups in total. The van der Waals surface area contributed by atoms with E-state index in [4.69, 9.17) is 15.2 Å². The van der Waals surface area contributed by atoms with Crippen LogP contribution in [0.3, 0.4) is 0 Å². The fourth-order valence-corrected chi connectivity index (χ4v) is 1.81. The SMILES string of the molecule is NCc1cc(F)c(OC2CCCOC2)c(F)c1. The molecule has 1 aliphatic rings. The number of hydrogen-bond acceptors (Lipinski definition) is 3. The summed E-state index contributed by atoms with van der Waals surface area (Å²) in [6.07, 6.45) is 1.31. The van der Waals surface area contributed by atoms with Crippen LogP contribution in [-0.2, 0) is 11.3 Å². The Hall–Kier alpha value is -1.20. The molecular formula is C12H15F2NO2. The lowest BCUT2D eigenvalue weighted by atomic mass is 10.1. The Morgan fingerprint density at radius 1 is 1.35 bits per heavy atom. The number of halogens is 2. The average Bonchev–Trinajstić information content (AvgIpc) is 2.35. The molecule has 1 saturated heterocycles. The zero-order valence-corrected chi connectivity index (χ0v) is 9.42. The third-order valence-electron chi connectivity index (χ3n) is 2.70. The number of nitrogens with two attached hydrogens (primary N) is 1. The van der Waals surface area contributed by atoms with E-state index in [0.717, 1.165) is 12.8 Å². The number of rotatable bonds is 3. The first-order valence-electron chi connectivity index (χ1n) is 5.63. The highest BCUT2D eigenvalue weighted by Crippen LogP contribution is 2.26. The van der Waals surface area contributed by atoms with Crippen molar-refractivity contribution < 1.29 is 18.3 Å². The van der Waals surface area contributed by atoms with Crippen LogP contribution in [0.5, 0.6) is 5.75 Å². The number of ether oxygens (including phenoxy) is 2. The smallest absolute Gasteiger partial charge is 0.191 e. The molecule has 1 aromatic carbocycles. The summed E-state index contributed by atoms with van der Waals surface area (Å²) >= 11 is 0. The predicted octanol–water partition coefficient (Wildman–Crippen LogP) is 1.98. The van der Waals surface area contributed by atoms with Gasteiger partial charge in [-0.25, -0.2) is 8.78 Å². The third kappa shape index (κ3) is 2.92. The fraction of sp³-hybridized carbons (Fsp3) is 0.500. The summed E-state index contributed by atoms with van der Waals surface area (Å²) < 4.78 is 37.7. The molecule has 0 aliphatic carbocycles. The summed E-state index contributed by atoms with van der Waals surface area (Å²) in [5.74, 6) is -1.76. The van der Waals surface area contributed by atoms with Crippen LogP contribution in [0.2, 0.25) is 0 Å². The van der Waals surface area contributed by atoms with Gasteiger partial charge in [0.15, 0.2) is 17.4 Å². The summed E-state index contributed by atoms with van der Waals surface area (Å²) in [7, 11) is 0. The van der Waals surface area contributed by atoms with Crippen molar-refractivity contribution in [1.82, 2.24) is 0 Å². The minimum absolute atomic E-state index is 0.0979. The maximum atomic E-state index is 13.6. The number of hydrogen-bond donors (Lipinski definition) is 1. The average molecular weight is 243 g/mol. The molecule has 0 aromatic heterocycles. The highest BCUT2D eigenvalue weighted by molar-refractivity contribution is 5.31. The Balaban J connectivity index is 2.14. The molecule has 0 amide bonds. The van der Waals surface area contributed by atoms with Gasteiger partial charge < -0.3 is 15.2 Å². The third-order valence-corrected chi connectivity index (χ3v) is 2.70. The Bertz CT molecular complexity index is 369. The molecule has 1 unspecified atom stereocenters. The Kier molecular flexibility index (Phi) is 3.91. The van der Waals surface area contributed by atoms with E-state index in [0.29, 0.717) is 18.8 Å². The van der Waals surface area contributed by atoms with E-state index in [1.54, 1.807) is 0 Å². The van der Waals surface area contributed by atoms with Gasteiger partial charge in [-0.15, -0.1) is 0 Å². The molecule has 94 valence electrons. The molecule has 0 bridgehead atoms. The van der Waals surface area contributed by atoms with Crippen molar-refractivity contribution >= 4 is 0 Å². The predicted molar refractivity (Wildman–Crippen MR) is 58.7 cm³/mol. The Labute approximate surface area is 98.5 Å². The molecule has 5 heteroatoms. The van der Waals surface area contributed by atoms with Gasteiger partial charge in [0.05, 0.1) is 6.61 Å². The molecule has 2 rings (SSSR count). The van der Waals surface area contributed by atoms with Crippen LogP contribution >= 0.6 is 0 Å². The minimum Gasteiger partial charge on any atom is -0.482 e. The van der Waals surface area contributed by atoms with E-state index in [2.05, 4.69) is 0 Å². The molecule has 1 aromatic rings. The molecule has 0 radical (unpaired) electrons. The van der Waals surface area contributed by atoms with Crippen molar-refractivity contribution in [1.29, 1.82) is 0 Å². The Morgan fingerprint density at radius 3 is 2.59 bits per heavy atom. The summed E-state index contributed by atoms with van der Waals surface area (Å²) in [5.41, 5.74) is 5.74.